The van der Waals surface area contributed by atoms with Gasteiger partial charge < -0.3 is 15.0 Å². The first-order valence-corrected chi connectivity index (χ1v) is 9.79. The normalized spacial score (nSPS) is 12.1. The van der Waals surface area contributed by atoms with E-state index in [0.29, 0.717) is 0 Å². The number of imidazole rings is 1. The van der Waals surface area contributed by atoms with Gasteiger partial charge >= 0.3 is 0 Å². The van der Waals surface area contributed by atoms with Crippen LogP contribution in [0.15, 0.2) is 47.0 Å². The van der Waals surface area contributed by atoms with E-state index in [2.05, 4.69) is 70.6 Å². The number of nitrogens with zero attached hydrogens (tertiary/aromatic N) is 3. The van der Waals surface area contributed by atoms with Gasteiger partial charge in [0.15, 0.2) is 5.96 Å². The van der Waals surface area contributed by atoms with Crippen molar-refractivity contribution in [2.75, 3.05) is 20.1 Å². The van der Waals surface area contributed by atoms with E-state index in [1.165, 1.54) is 10.4 Å². The maximum absolute atomic E-state index is 4.72. The molecule has 0 aromatic carbocycles. The van der Waals surface area contributed by atoms with Crippen LogP contribution in [0.1, 0.15) is 30.0 Å². The second-order valence-electron chi connectivity index (χ2n) is 7.12. The van der Waals surface area contributed by atoms with Gasteiger partial charge in [0.1, 0.15) is 5.65 Å². The Kier molecular flexibility index (Phi) is 7.67. The number of rotatable bonds is 6. The fourth-order valence-corrected chi connectivity index (χ4v) is 3.76. The zero-order valence-electron chi connectivity index (χ0n) is 16.3. The smallest absolute Gasteiger partial charge is 0.191 e. The number of halogens is 1. The Morgan fingerprint density at radius 3 is 2.74 bits per heavy atom. The number of hydrogen-bond donors (Lipinski definition) is 2. The van der Waals surface area contributed by atoms with Crippen LogP contribution >= 0.6 is 35.3 Å². The average molecular weight is 497 g/mol. The number of aryl methyl sites for hydroxylation is 1. The third kappa shape index (κ3) is 5.44. The molecule has 2 N–H and O–H groups in total. The van der Waals surface area contributed by atoms with Crippen molar-refractivity contribution < 1.29 is 0 Å². The lowest BCUT2D eigenvalue weighted by Gasteiger charge is -2.25. The van der Waals surface area contributed by atoms with Crippen molar-refractivity contribution in [2.24, 2.45) is 4.99 Å². The molecular weight excluding hydrogens is 469 g/mol. The topological polar surface area (TPSA) is 53.7 Å². The Morgan fingerprint density at radius 2 is 2.07 bits per heavy atom. The highest BCUT2D eigenvalue weighted by Gasteiger charge is 2.21. The standard InChI is InChI=1S/C20H27N5S.HI/c1-15-7-5-11-25-13-16(24-18(15)25)9-10-22-19(21-4)23-14-20(2,3)17-8-6-12-26-17;/h5-8,11-13H,9-10,14H2,1-4H3,(H2,21,22,23);1H. The Balaban J connectivity index is 0.00000261. The lowest BCUT2D eigenvalue weighted by Crippen LogP contribution is -2.43. The lowest BCUT2D eigenvalue weighted by atomic mass is 9.91. The molecule has 0 aliphatic rings. The van der Waals surface area contributed by atoms with Crippen molar-refractivity contribution in [3.05, 3.63) is 58.2 Å². The zero-order chi connectivity index (χ0) is 18.6. The van der Waals surface area contributed by atoms with Crippen molar-refractivity contribution >= 4 is 46.9 Å². The van der Waals surface area contributed by atoms with Crippen LogP contribution in [-0.2, 0) is 11.8 Å². The van der Waals surface area contributed by atoms with E-state index in [1.54, 1.807) is 11.3 Å². The summed E-state index contributed by atoms with van der Waals surface area (Å²) in [5.74, 6) is 0.828. The van der Waals surface area contributed by atoms with Crippen molar-refractivity contribution in [2.45, 2.75) is 32.6 Å². The van der Waals surface area contributed by atoms with E-state index >= 15 is 0 Å². The number of aliphatic imine (C=N–C) groups is 1. The summed E-state index contributed by atoms with van der Waals surface area (Å²) in [7, 11) is 1.81. The van der Waals surface area contributed by atoms with Gasteiger partial charge in [0.05, 0.1) is 5.69 Å². The van der Waals surface area contributed by atoms with Gasteiger partial charge in [0, 0.05) is 49.2 Å². The van der Waals surface area contributed by atoms with E-state index in [4.69, 9.17) is 4.98 Å². The quantitative estimate of drug-likeness (QED) is 0.308. The maximum atomic E-state index is 4.72. The number of hydrogen-bond acceptors (Lipinski definition) is 3. The Morgan fingerprint density at radius 1 is 1.26 bits per heavy atom. The van der Waals surface area contributed by atoms with Gasteiger partial charge in [-0.15, -0.1) is 35.3 Å². The first-order valence-electron chi connectivity index (χ1n) is 8.91. The zero-order valence-corrected chi connectivity index (χ0v) is 19.5. The van der Waals surface area contributed by atoms with Crippen LogP contribution < -0.4 is 10.6 Å². The molecule has 3 rings (SSSR count). The highest BCUT2D eigenvalue weighted by atomic mass is 127. The van der Waals surface area contributed by atoms with Gasteiger partial charge in [-0.05, 0) is 30.0 Å². The summed E-state index contributed by atoms with van der Waals surface area (Å²) in [4.78, 5) is 10.4. The molecule has 27 heavy (non-hydrogen) atoms. The third-order valence-corrected chi connectivity index (χ3v) is 5.75. The molecule has 3 aromatic rings. The Hall–Kier alpha value is -1.61. The van der Waals surface area contributed by atoms with E-state index in [1.807, 2.05) is 19.3 Å². The molecule has 0 amide bonds. The fraction of sp³-hybridized carbons (Fsp3) is 0.400. The first kappa shape index (κ1) is 21.7. The van der Waals surface area contributed by atoms with Crippen LogP contribution in [0.2, 0.25) is 0 Å². The maximum Gasteiger partial charge on any atom is 0.191 e. The predicted octanol–water partition coefficient (Wildman–Crippen LogP) is 4.01. The van der Waals surface area contributed by atoms with Crippen molar-refractivity contribution in [1.29, 1.82) is 0 Å². The van der Waals surface area contributed by atoms with Crippen molar-refractivity contribution in [3.63, 3.8) is 0 Å². The molecule has 0 saturated carbocycles. The number of nitrogens with one attached hydrogen (secondary N) is 2. The molecule has 0 bridgehead atoms. The SMILES string of the molecule is CN=C(NCCc1cn2cccc(C)c2n1)NCC(C)(C)c1cccs1.I. The number of fused-ring (bicyclic) bond motifs is 1. The molecule has 0 aliphatic heterocycles. The highest BCUT2D eigenvalue weighted by molar-refractivity contribution is 14.0. The molecule has 0 aliphatic carbocycles. The predicted molar refractivity (Wildman–Crippen MR) is 126 cm³/mol. The van der Waals surface area contributed by atoms with E-state index in [-0.39, 0.29) is 29.4 Å². The molecule has 7 heteroatoms. The monoisotopic (exact) mass is 497 g/mol. The number of thiophene rings is 1. The molecule has 3 aromatic heterocycles. The van der Waals surface area contributed by atoms with Crippen LogP contribution in [-0.4, -0.2) is 35.5 Å². The van der Waals surface area contributed by atoms with Crippen molar-refractivity contribution in [1.82, 2.24) is 20.0 Å². The summed E-state index contributed by atoms with van der Waals surface area (Å²) in [5, 5.41) is 8.95. The van der Waals surface area contributed by atoms with E-state index < -0.39 is 0 Å². The molecule has 0 unspecified atom stereocenters. The molecule has 3 heterocycles. The first-order chi connectivity index (χ1) is 12.5. The summed E-state index contributed by atoms with van der Waals surface area (Å²) < 4.78 is 2.08. The van der Waals surface area contributed by atoms with Gasteiger partial charge in [0.25, 0.3) is 0 Å². The van der Waals surface area contributed by atoms with E-state index in [9.17, 15) is 0 Å². The molecular formula is C20H28IN5S. The molecule has 0 fully saturated rings. The second-order valence-corrected chi connectivity index (χ2v) is 8.07. The van der Waals surface area contributed by atoms with Gasteiger partial charge in [-0.1, -0.05) is 26.0 Å². The second kappa shape index (κ2) is 9.54. The number of pyridine rings is 1. The van der Waals surface area contributed by atoms with Gasteiger partial charge in [-0.3, -0.25) is 4.99 Å². The van der Waals surface area contributed by atoms with Gasteiger partial charge in [0.2, 0.25) is 0 Å². The van der Waals surface area contributed by atoms with Gasteiger partial charge in [-0.2, -0.15) is 0 Å². The molecule has 0 saturated heterocycles. The molecule has 5 nitrogen and oxygen atoms in total. The Labute approximate surface area is 182 Å². The molecule has 0 atom stereocenters. The van der Waals surface area contributed by atoms with Crippen LogP contribution in [0.5, 0.6) is 0 Å². The summed E-state index contributed by atoms with van der Waals surface area (Å²) in [6, 6.07) is 8.43. The average Bonchev–Trinajstić information content (AvgIpc) is 3.28. The molecule has 146 valence electrons. The largest absolute Gasteiger partial charge is 0.356 e. The minimum Gasteiger partial charge on any atom is -0.356 e. The summed E-state index contributed by atoms with van der Waals surface area (Å²) in [6.45, 7) is 8.21. The Bertz CT molecular complexity index is 883. The molecule has 0 radical (unpaired) electrons. The lowest BCUT2D eigenvalue weighted by molar-refractivity contribution is 0.518. The van der Waals surface area contributed by atoms with Crippen LogP contribution in [0.25, 0.3) is 5.65 Å². The summed E-state index contributed by atoms with van der Waals surface area (Å²) in [6.07, 6.45) is 5.00. The van der Waals surface area contributed by atoms with Gasteiger partial charge in [-0.25, -0.2) is 4.98 Å². The third-order valence-electron chi connectivity index (χ3n) is 4.51. The van der Waals surface area contributed by atoms with Crippen LogP contribution in [0.4, 0.5) is 0 Å². The highest BCUT2D eigenvalue weighted by Crippen LogP contribution is 2.26. The summed E-state index contributed by atoms with van der Waals surface area (Å²) in [5.41, 5.74) is 3.38. The minimum absolute atomic E-state index is 0. The van der Waals surface area contributed by atoms with Crippen LogP contribution in [0, 0.1) is 6.92 Å². The number of aromatic nitrogens is 2. The van der Waals surface area contributed by atoms with Crippen molar-refractivity contribution in [3.8, 4) is 0 Å². The van der Waals surface area contributed by atoms with Crippen LogP contribution in [0.3, 0.4) is 0 Å². The molecule has 0 spiro atoms. The fourth-order valence-electron chi connectivity index (χ4n) is 2.91. The van der Waals surface area contributed by atoms with E-state index in [0.717, 1.165) is 36.8 Å². The number of guanidine groups is 1. The minimum atomic E-state index is 0. The summed E-state index contributed by atoms with van der Waals surface area (Å²) >= 11 is 1.80.